The molecule has 26 heavy (non-hydrogen) atoms. The molecule has 0 N–H and O–H groups in total. The second-order valence-electron chi connectivity index (χ2n) is 7.48. The highest BCUT2D eigenvalue weighted by Gasteiger charge is 2.18. The predicted molar refractivity (Wildman–Crippen MR) is 105 cm³/mol. The maximum Gasteiger partial charge on any atom is 0.165 e. The van der Waals surface area contributed by atoms with E-state index in [0.717, 1.165) is 49.6 Å². The number of piperidine rings is 1. The number of likely N-dealkylation sites (N-methyl/N-ethyl adjacent to an activating group) is 1. The Morgan fingerprint density at radius 2 is 1.62 bits per heavy atom. The van der Waals surface area contributed by atoms with Crippen LogP contribution in [0.2, 0.25) is 0 Å². The molecule has 7 nitrogen and oxygen atoms in total. The Bertz CT molecular complexity index is 699. The fraction of sp³-hybridized carbons (Fsp3) is 0.737. The van der Waals surface area contributed by atoms with Gasteiger partial charge in [-0.05, 0) is 38.8 Å². The standard InChI is InChI=1S/C19H31N7/c1-2-23-11-13-24(14-12-23)7-6-10-26-16-22-17-18(20-15-21-19(17)26)25-8-4-3-5-9-25/h15-16H,2-14H2,1H3. The largest absolute Gasteiger partial charge is 0.355 e. The minimum absolute atomic E-state index is 0.964. The van der Waals surface area contributed by atoms with Gasteiger partial charge in [-0.3, -0.25) is 0 Å². The van der Waals surface area contributed by atoms with Crippen LogP contribution < -0.4 is 4.90 Å². The first-order valence-corrected chi connectivity index (χ1v) is 10.2. The zero-order valence-electron chi connectivity index (χ0n) is 16.0. The molecular weight excluding hydrogens is 326 g/mol. The number of rotatable bonds is 6. The van der Waals surface area contributed by atoms with Crippen molar-refractivity contribution in [1.82, 2.24) is 29.3 Å². The maximum atomic E-state index is 4.66. The maximum absolute atomic E-state index is 4.66. The quantitative estimate of drug-likeness (QED) is 0.786. The molecule has 0 amide bonds. The van der Waals surface area contributed by atoms with Gasteiger partial charge < -0.3 is 19.3 Å². The molecule has 2 fully saturated rings. The molecule has 0 spiro atoms. The highest BCUT2D eigenvalue weighted by molar-refractivity contribution is 5.83. The zero-order chi connectivity index (χ0) is 17.8. The third-order valence-electron chi connectivity index (χ3n) is 5.82. The van der Waals surface area contributed by atoms with Crippen LogP contribution in [0.1, 0.15) is 32.6 Å². The second kappa shape index (κ2) is 8.31. The van der Waals surface area contributed by atoms with E-state index in [4.69, 9.17) is 0 Å². The molecule has 0 atom stereocenters. The topological polar surface area (TPSA) is 53.3 Å². The van der Waals surface area contributed by atoms with E-state index in [-0.39, 0.29) is 0 Å². The van der Waals surface area contributed by atoms with Gasteiger partial charge in [-0.25, -0.2) is 15.0 Å². The Morgan fingerprint density at radius 1 is 0.846 bits per heavy atom. The van der Waals surface area contributed by atoms with Crippen LogP contribution in [0.15, 0.2) is 12.7 Å². The van der Waals surface area contributed by atoms with Gasteiger partial charge in [-0.1, -0.05) is 6.92 Å². The third kappa shape index (κ3) is 3.83. The van der Waals surface area contributed by atoms with E-state index >= 15 is 0 Å². The minimum atomic E-state index is 0.964. The lowest BCUT2D eigenvalue weighted by Crippen LogP contribution is -2.46. The zero-order valence-corrected chi connectivity index (χ0v) is 16.0. The summed E-state index contributed by atoms with van der Waals surface area (Å²) in [4.78, 5) is 21.2. The van der Waals surface area contributed by atoms with E-state index < -0.39 is 0 Å². The summed E-state index contributed by atoms with van der Waals surface area (Å²) in [6.07, 6.45) is 8.61. The number of anilines is 1. The molecule has 0 aliphatic carbocycles. The second-order valence-corrected chi connectivity index (χ2v) is 7.48. The van der Waals surface area contributed by atoms with Crippen LogP contribution in [-0.2, 0) is 6.54 Å². The molecule has 0 unspecified atom stereocenters. The molecule has 142 valence electrons. The van der Waals surface area contributed by atoms with Crippen molar-refractivity contribution < 1.29 is 0 Å². The lowest BCUT2D eigenvalue weighted by atomic mass is 10.1. The molecule has 0 radical (unpaired) electrons. The van der Waals surface area contributed by atoms with Gasteiger partial charge in [0.05, 0.1) is 6.33 Å². The number of aryl methyl sites for hydroxylation is 1. The van der Waals surface area contributed by atoms with Gasteiger partial charge in [0.15, 0.2) is 17.0 Å². The third-order valence-corrected chi connectivity index (χ3v) is 5.82. The van der Waals surface area contributed by atoms with Crippen molar-refractivity contribution in [2.24, 2.45) is 0 Å². The van der Waals surface area contributed by atoms with E-state index in [0.29, 0.717) is 0 Å². The van der Waals surface area contributed by atoms with Crippen LogP contribution >= 0.6 is 0 Å². The van der Waals surface area contributed by atoms with E-state index in [1.807, 2.05) is 6.33 Å². The minimum Gasteiger partial charge on any atom is -0.355 e. The molecule has 7 heteroatoms. The molecule has 4 heterocycles. The smallest absolute Gasteiger partial charge is 0.165 e. The van der Waals surface area contributed by atoms with E-state index in [1.54, 1.807) is 6.33 Å². The summed E-state index contributed by atoms with van der Waals surface area (Å²) in [5.74, 6) is 1.02. The molecule has 4 rings (SSSR count). The SMILES string of the molecule is CCN1CCN(CCCn2cnc3c(N4CCCCC4)ncnc32)CC1. The van der Waals surface area contributed by atoms with Crippen LogP contribution in [0, 0.1) is 0 Å². The Morgan fingerprint density at radius 3 is 2.38 bits per heavy atom. The Labute approximate surface area is 156 Å². The first kappa shape index (κ1) is 17.7. The number of aromatic nitrogens is 4. The van der Waals surface area contributed by atoms with Crippen LogP contribution in [-0.4, -0.2) is 81.7 Å². The van der Waals surface area contributed by atoms with Crippen molar-refractivity contribution in [3.63, 3.8) is 0 Å². The summed E-state index contributed by atoms with van der Waals surface area (Å²) in [5.41, 5.74) is 1.95. The Kier molecular flexibility index (Phi) is 5.65. The molecular formula is C19H31N7. The van der Waals surface area contributed by atoms with Gasteiger partial charge in [0, 0.05) is 45.8 Å². The van der Waals surface area contributed by atoms with Crippen LogP contribution in [0.3, 0.4) is 0 Å². The first-order chi connectivity index (χ1) is 12.8. The molecule has 2 aromatic rings. The number of hydrogen-bond acceptors (Lipinski definition) is 6. The lowest BCUT2D eigenvalue weighted by Gasteiger charge is -2.34. The number of imidazole rings is 1. The van der Waals surface area contributed by atoms with Gasteiger partial charge in [-0.15, -0.1) is 0 Å². The average Bonchev–Trinajstić information content (AvgIpc) is 3.12. The van der Waals surface area contributed by atoms with Gasteiger partial charge in [0.2, 0.25) is 0 Å². The van der Waals surface area contributed by atoms with Crippen LogP contribution in [0.5, 0.6) is 0 Å². The van der Waals surface area contributed by atoms with Crippen LogP contribution in [0.25, 0.3) is 11.2 Å². The molecule has 0 saturated carbocycles. The summed E-state index contributed by atoms with van der Waals surface area (Å²) >= 11 is 0. The first-order valence-electron chi connectivity index (χ1n) is 10.2. The summed E-state index contributed by atoms with van der Waals surface area (Å²) in [7, 11) is 0. The van der Waals surface area contributed by atoms with Crippen molar-refractivity contribution >= 4 is 17.0 Å². The molecule has 2 aromatic heterocycles. The molecule has 2 aliphatic heterocycles. The lowest BCUT2D eigenvalue weighted by molar-refractivity contribution is 0.135. The fourth-order valence-corrected chi connectivity index (χ4v) is 4.16. The highest BCUT2D eigenvalue weighted by atomic mass is 15.3. The van der Waals surface area contributed by atoms with Crippen molar-refractivity contribution in [3.8, 4) is 0 Å². The monoisotopic (exact) mass is 357 g/mol. The van der Waals surface area contributed by atoms with Crippen LogP contribution in [0.4, 0.5) is 5.82 Å². The average molecular weight is 358 g/mol. The Hall–Kier alpha value is -1.73. The highest BCUT2D eigenvalue weighted by Crippen LogP contribution is 2.24. The Balaban J connectivity index is 1.37. The van der Waals surface area contributed by atoms with Crippen molar-refractivity contribution in [1.29, 1.82) is 0 Å². The van der Waals surface area contributed by atoms with Gasteiger partial charge in [0.1, 0.15) is 6.33 Å². The van der Waals surface area contributed by atoms with Gasteiger partial charge in [-0.2, -0.15) is 0 Å². The molecule has 0 aromatic carbocycles. The van der Waals surface area contributed by atoms with Gasteiger partial charge in [0.25, 0.3) is 0 Å². The van der Waals surface area contributed by atoms with Crippen molar-refractivity contribution in [3.05, 3.63) is 12.7 Å². The fourth-order valence-electron chi connectivity index (χ4n) is 4.16. The number of hydrogen-bond donors (Lipinski definition) is 0. The molecule has 2 aliphatic rings. The van der Waals surface area contributed by atoms with E-state index in [2.05, 4.69) is 41.1 Å². The number of piperazine rings is 1. The van der Waals surface area contributed by atoms with E-state index in [1.165, 1.54) is 52.0 Å². The van der Waals surface area contributed by atoms with E-state index in [9.17, 15) is 0 Å². The summed E-state index contributed by atoms with van der Waals surface area (Å²) < 4.78 is 2.20. The normalized spacial score (nSPS) is 20.1. The summed E-state index contributed by atoms with van der Waals surface area (Å²) in [6, 6.07) is 0. The number of fused-ring (bicyclic) bond motifs is 1. The van der Waals surface area contributed by atoms with Gasteiger partial charge >= 0.3 is 0 Å². The van der Waals surface area contributed by atoms with Crippen molar-refractivity contribution in [2.45, 2.75) is 39.2 Å². The molecule has 0 bridgehead atoms. The predicted octanol–water partition coefficient (Wildman–Crippen LogP) is 1.84. The summed E-state index contributed by atoms with van der Waals surface area (Å²) in [6.45, 7) is 12.5. The number of nitrogens with zero attached hydrogens (tertiary/aromatic N) is 7. The summed E-state index contributed by atoms with van der Waals surface area (Å²) in [5, 5.41) is 0. The molecule has 2 saturated heterocycles. The van der Waals surface area contributed by atoms with Crippen molar-refractivity contribution in [2.75, 3.05) is 57.3 Å².